The zero-order valence-electron chi connectivity index (χ0n) is 14.6. The number of fused-ring (bicyclic) bond motifs is 1. The maximum Gasteiger partial charge on any atom is 0.240 e. The van der Waals surface area contributed by atoms with Crippen molar-refractivity contribution in [2.75, 3.05) is 45.5 Å². The van der Waals surface area contributed by atoms with E-state index < -0.39 is 20.0 Å². The molecule has 0 bridgehead atoms. The summed E-state index contributed by atoms with van der Waals surface area (Å²) in [4.78, 5) is 2.20. The van der Waals surface area contributed by atoms with Gasteiger partial charge in [-0.05, 0) is 30.0 Å². The van der Waals surface area contributed by atoms with Crippen LogP contribution in [0.4, 0.5) is 0 Å². The van der Waals surface area contributed by atoms with Gasteiger partial charge in [0.1, 0.15) is 0 Å². The highest BCUT2D eigenvalue weighted by atomic mass is 32.2. The van der Waals surface area contributed by atoms with E-state index in [0.717, 1.165) is 10.8 Å². The molecular weight excluding hydrogens is 374 g/mol. The Morgan fingerprint density at radius 3 is 2.27 bits per heavy atom. The first-order valence-electron chi connectivity index (χ1n) is 8.43. The molecule has 1 fully saturated rings. The maximum absolute atomic E-state index is 12.5. The molecule has 0 aliphatic carbocycles. The number of benzene rings is 2. The van der Waals surface area contributed by atoms with Crippen molar-refractivity contribution in [2.45, 2.75) is 4.90 Å². The fourth-order valence-corrected chi connectivity index (χ4v) is 5.45. The lowest BCUT2D eigenvalue weighted by atomic mass is 10.1. The Bertz CT molecular complexity index is 982. The topological polar surface area (TPSA) is 86.8 Å². The molecular formula is C17H23N3O4S2. The molecule has 0 aromatic heterocycles. The Morgan fingerprint density at radius 1 is 0.923 bits per heavy atom. The van der Waals surface area contributed by atoms with Crippen LogP contribution in [0.1, 0.15) is 0 Å². The summed E-state index contributed by atoms with van der Waals surface area (Å²) in [5.41, 5.74) is 0. The summed E-state index contributed by atoms with van der Waals surface area (Å²) >= 11 is 0. The third-order valence-corrected chi connectivity index (χ3v) is 7.87. The van der Waals surface area contributed by atoms with Gasteiger partial charge in [0.25, 0.3) is 0 Å². The van der Waals surface area contributed by atoms with Gasteiger partial charge in [-0.25, -0.2) is 21.6 Å². The second kappa shape index (κ2) is 7.61. The van der Waals surface area contributed by atoms with E-state index in [9.17, 15) is 16.8 Å². The van der Waals surface area contributed by atoms with Crippen molar-refractivity contribution in [1.29, 1.82) is 0 Å². The van der Waals surface area contributed by atoms with Crippen LogP contribution in [0.5, 0.6) is 0 Å². The summed E-state index contributed by atoms with van der Waals surface area (Å²) < 4.78 is 53.5. The van der Waals surface area contributed by atoms with Gasteiger partial charge >= 0.3 is 0 Å². The third kappa shape index (κ3) is 4.41. The molecule has 1 heterocycles. The molecule has 7 nitrogen and oxygen atoms in total. The van der Waals surface area contributed by atoms with Gasteiger partial charge in [-0.15, -0.1) is 0 Å². The molecule has 0 spiro atoms. The third-order valence-electron chi connectivity index (χ3n) is 4.54. The molecule has 0 saturated carbocycles. The second-order valence-corrected chi connectivity index (χ2v) is 10.3. The van der Waals surface area contributed by atoms with Crippen molar-refractivity contribution in [3.05, 3.63) is 42.5 Å². The molecule has 142 valence electrons. The molecule has 2 aromatic rings. The van der Waals surface area contributed by atoms with Crippen molar-refractivity contribution < 1.29 is 16.8 Å². The van der Waals surface area contributed by atoms with E-state index in [0.29, 0.717) is 26.2 Å². The molecule has 0 atom stereocenters. The minimum atomic E-state index is -3.75. The van der Waals surface area contributed by atoms with Crippen LogP contribution in [-0.2, 0) is 20.0 Å². The van der Waals surface area contributed by atoms with Gasteiger partial charge < -0.3 is 4.90 Å². The number of sulfonamides is 2. The van der Waals surface area contributed by atoms with Gasteiger partial charge in [0.05, 0.1) is 10.6 Å². The predicted octanol–water partition coefficient (Wildman–Crippen LogP) is 0.695. The van der Waals surface area contributed by atoms with Crippen LogP contribution in [0.25, 0.3) is 10.8 Å². The Hall–Kier alpha value is -1.52. The Morgan fingerprint density at radius 2 is 1.58 bits per heavy atom. The number of nitrogens with zero attached hydrogens (tertiary/aromatic N) is 2. The Balaban J connectivity index is 1.64. The normalized spacial score (nSPS) is 17.6. The minimum absolute atomic E-state index is 0.133. The molecule has 2 aromatic carbocycles. The summed E-state index contributed by atoms with van der Waals surface area (Å²) in [6.07, 6.45) is 0. The van der Waals surface area contributed by atoms with Gasteiger partial charge in [-0.3, -0.25) is 0 Å². The van der Waals surface area contributed by atoms with Gasteiger partial charge in [-0.1, -0.05) is 30.3 Å². The van der Waals surface area contributed by atoms with Crippen molar-refractivity contribution in [2.24, 2.45) is 0 Å². The minimum Gasteiger partial charge on any atom is -0.304 e. The van der Waals surface area contributed by atoms with Crippen molar-refractivity contribution in [3.63, 3.8) is 0 Å². The first-order chi connectivity index (χ1) is 12.3. The average molecular weight is 398 g/mol. The van der Waals surface area contributed by atoms with Crippen LogP contribution < -0.4 is 4.72 Å². The smallest absolute Gasteiger partial charge is 0.240 e. The SMILES string of the molecule is CN1CCN(S(=O)(=O)CCNS(=O)(=O)c2ccc3ccccc3c2)CC1. The van der Waals surface area contributed by atoms with Crippen LogP contribution in [0, 0.1) is 0 Å². The zero-order valence-corrected chi connectivity index (χ0v) is 16.3. The van der Waals surface area contributed by atoms with E-state index in [2.05, 4.69) is 9.62 Å². The number of hydrogen-bond acceptors (Lipinski definition) is 5. The van der Waals surface area contributed by atoms with Gasteiger partial charge in [0, 0.05) is 32.7 Å². The second-order valence-electron chi connectivity index (χ2n) is 6.43. The highest BCUT2D eigenvalue weighted by Crippen LogP contribution is 2.18. The Labute approximate surface area is 154 Å². The molecule has 3 rings (SSSR count). The molecule has 0 amide bonds. The summed E-state index contributed by atoms with van der Waals surface area (Å²) in [7, 11) is -5.28. The first kappa shape index (κ1) is 19.2. The van der Waals surface area contributed by atoms with Crippen molar-refractivity contribution >= 4 is 30.8 Å². The lowest BCUT2D eigenvalue weighted by molar-refractivity contribution is 0.222. The number of likely N-dealkylation sites (N-methyl/N-ethyl adjacent to an activating group) is 1. The summed E-state index contributed by atoms with van der Waals surface area (Å²) in [6, 6.07) is 12.3. The zero-order chi connectivity index (χ0) is 18.8. The lowest BCUT2D eigenvalue weighted by Gasteiger charge is -2.31. The van der Waals surface area contributed by atoms with Crippen LogP contribution in [-0.4, -0.2) is 71.6 Å². The Kier molecular flexibility index (Phi) is 5.64. The van der Waals surface area contributed by atoms with Gasteiger partial charge in [-0.2, -0.15) is 4.31 Å². The highest BCUT2D eigenvalue weighted by Gasteiger charge is 2.26. The molecule has 1 aliphatic heterocycles. The van der Waals surface area contributed by atoms with E-state index in [1.807, 2.05) is 31.3 Å². The van der Waals surface area contributed by atoms with Crippen LogP contribution in [0.15, 0.2) is 47.4 Å². The first-order valence-corrected chi connectivity index (χ1v) is 11.5. The van der Waals surface area contributed by atoms with Crippen LogP contribution in [0.2, 0.25) is 0 Å². The summed E-state index contributed by atoms with van der Waals surface area (Å²) in [5, 5.41) is 1.77. The molecule has 0 unspecified atom stereocenters. The fourth-order valence-electron chi connectivity index (χ4n) is 2.92. The molecule has 9 heteroatoms. The van der Waals surface area contributed by atoms with Gasteiger partial charge in [0.15, 0.2) is 0 Å². The molecule has 1 N–H and O–H groups in total. The molecule has 1 aliphatic rings. The summed E-state index contributed by atoms with van der Waals surface area (Å²) in [5.74, 6) is -0.247. The maximum atomic E-state index is 12.5. The summed E-state index contributed by atoms with van der Waals surface area (Å²) in [6.45, 7) is 2.10. The van der Waals surface area contributed by atoms with E-state index in [-0.39, 0.29) is 17.2 Å². The van der Waals surface area contributed by atoms with E-state index in [1.54, 1.807) is 12.1 Å². The number of hydrogen-bond donors (Lipinski definition) is 1. The molecule has 0 radical (unpaired) electrons. The largest absolute Gasteiger partial charge is 0.304 e. The quantitative estimate of drug-likeness (QED) is 0.775. The van der Waals surface area contributed by atoms with Crippen LogP contribution >= 0.6 is 0 Å². The van der Waals surface area contributed by atoms with Crippen molar-refractivity contribution in [3.8, 4) is 0 Å². The molecule has 1 saturated heterocycles. The van der Waals surface area contributed by atoms with Gasteiger partial charge in [0.2, 0.25) is 20.0 Å². The number of nitrogens with one attached hydrogen (secondary N) is 1. The number of piperazine rings is 1. The van der Waals surface area contributed by atoms with E-state index in [4.69, 9.17) is 0 Å². The highest BCUT2D eigenvalue weighted by molar-refractivity contribution is 7.90. The number of rotatable bonds is 6. The fraction of sp³-hybridized carbons (Fsp3) is 0.412. The lowest BCUT2D eigenvalue weighted by Crippen LogP contribution is -2.48. The van der Waals surface area contributed by atoms with Crippen molar-refractivity contribution in [1.82, 2.24) is 13.9 Å². The predicted molar refractivity (Wildman–Crippen MR) is 102 cm³/mol. The van der Waals surface area contributed by atoms with Crippen LogP contribution in [0.3, 0.4) is 0 Å². The van der Waals surface area contributed by atoms with E-state index in [1.165, 1.54) is 10.4 Å². The standard InChI is InChI=1S/C17H23N3O4S2/c1-19-9-11-20(12-10-19)25(21,22)13-8-18-26(23,24)17-7-6-15-4-2-3-5-16(15)14-17/h2-7,14,18H,8-13H2,1H3. The molecule has 26 heavy (non-hydrogen) atoms. The monoisotopic (exact) mass is 397 g/mol. The average Bonchev–Trinajstić information content (AvgIpc) is 2.61. The van der Waals surface area contributed by atoms with E-state index >= 15 is 0 Å².